The number of thioether (sulfide) groups is 1. The molecule has 0 saturated carbocycles. The maximum Gasteiger partial charge on any atom is 0.0834 e. The summed E-state index contributed by atoms with van der Waals surface area (Å²) in [5.41, 5.74) is 6.79. The molecule has 0 bridgehead atoms. The van der Waals surface area contributed by atoms with Gasteiger partial charge in [-0.2, -0.15) is 16.9 Å². The van der Waals surface area contributed by atoms with Crippen molar-refractivity contribution in [2.24, 2.45) is 12.8 Å². The highest BCUT2D eigenvalue weighted by Gasteiger charge is 2.13. The molecule has 1 heterocycles. The first-order valence-electron chi connectivity index (χ1n) is 3.58. The van der Waals surface area contributed by atoms with Gasteiger partial charge in [-0.15, -0.1) is 0 Å². The van der Waals surface area contributed by atoms with Gasteiger partial charge in [0.25, 0.3) is 0 Å². The summed E-state index contributed by atoms with van der Waals surface area (Å²) in [5, 5.41) is 4.67. The molecule has 1 unspecified atom stereocenters. The molecule has 5 heteroatoms. The zero-order valence-corrected chi connectivity index (χ0v) is 8.69. The van der Waals surface area contributed by atoms with E-state index in [4.69, 9.17) is 17.3 Å². The van der Waals surface area contributed by atoms with Gasteiger partial charge in [0, 0.05) is 12.8 Å². The van der Waals surface area contributed by atoms with Crippen molar-refractivity contribution in [1.82, 2.24) is 9.78 Å². The summed E-state index contributed by atoms with van der Waals surface area (Å²) in [6.07, 6.45) is 3.64. The molecular weight excluding hydrogens is 194 g/mol. The third-order valence-electron chi connectivity index (χ3n) is 1.64. The third kappa shape index (κ3) is 1.94. The van der Waals surface area contributed by atoms with Crippen LogP contribution >= 0.6 is 23.4 Å². The van der Waals surface area contributed by atoms with Gasteiger partial charge in [0.15, 0.2) is 0 Å². The van der Waals surface area contributed by atoms with Gasteiger partial charge in [0.1, 0.15) is 0 Å². The lowest BCUT2D eigenvalue weighted by molar-refractivity contribution is 0.660. The molecule has 1 rings (SSSR count). The van der Waals surface area contributed by atoms with E-state index in [1.165, 1.54) is 0 Å². The third-order valence-corrected chi connectivity index (χ3v) is 2.62. The maximum absolute atomic E-state index is 5.90. The standard InChI is InChI=1S/C7H12ClN3S/c1-11-7(5(8)3-10-11)6(9)4-12-2/h3,6H,4,9H2,1-2H3. The van der Waals surface area contributed by atoms with E-state index < -0.39 is 0 Å². The first kappa shape index (κ1) is 9.89. The molecule has 0 aliphatic rings. The highest BCUT2D eigenvalue weighted by molar-refractivity contribution is 7.98. The number of nitrogens with two attached hydrogens (primary N) is 1. The van der Waals surface area contributed by atoms with Crippen molar-refractivity contribution in [2.45, 2.75) is 6.04 Å². The van der Waals surface area contributed by atoms with Gasteiger partial charge in [-0.25, -0.2) is 0 Å². The zero-order valence-electron chi connectivity index (χ0n) is 7.12. The molecule has 0 aliphatic carbocycles. The number of aryl methyl sites for hydroxylation is 1. The molecule has 0 fully saturated rings. The van der Waals surface area contributed by atoms with Crippen LogP contribution in [-0.2, 0) is 7.05 Å². The molecule has 1 aromatic heterocycles. The fourth-order valence-electron chi connectivity index (χ4n) is 1.10. The lowest BCUT2D eigenvalue weighted by Crippen LogP contribution is -2.17. The summed E-state index contributed by atoms with van der Waals surface area (Å²) >= 11 is 7.60. The number of halogens is 1. The molecule has 2 N–H and O–H groups in total. The van der Waals surface area contributed by atoms with Crippen molar-refractivity contribution in [3.8, 4) is 0 Å². The average molecular weight is 206 g/mol. The number of nitrogens with zero attached hydrogens (tertiary/aromatic N) is 2. The fourth-order valence-corrected chi connectivity index (χ4v) is 1.92. The molecule has 68 valence electrons. The Hall–Kier alpha value is -0.190. The lowest BCUT2D eigenvalue weighted by Gasteiger charge is -2.10. The van der Waals surface area contributed by atoms with Crippen molar-refractivity contribution in [2.75, 3.05) is 12.0 Å². The Labute approximate surface area is 81.3 Å². The van der Waals surface area contributed by atoms with Gasteiger partial charge in [0.05, 0.1) is 23.0 Å². The topological polar surface area (TPSA) is 43.8 Å². The van der Waals surface area contributed by atoms with Crippen LogP contribution in [0.15, 0.2) is 6.20 Å². The zero-order chi connectivity index (χ0) is 9.14. The molecule has 0 radical (unpaired) electrons. The molecule has 12 heavy (non-hydrogen) atoms. The molecule has 1 atom stereocenters. The monoisotopic (exact) mass is 205 g/mol. The van der Waals surface area contributed by atoms with E-state index in [0.29, 0.717) is 5.02 Å². The fraction of sp³-hybridized carbons (Fsp3) is 0.571. The summed E-state index contributed by atoms with van der Waals surface area (Å²) in [6, 6.07) is -0.0278. The van der Waals surface area contributed by atoms with Crippen LogP contribution in [0.2, 0.25) is 5.02 Å². The van der Waals surface area contributed by atoms with Gasteiger partial charge in [-0.3, -0.25) is 4.68 Å². The summed E-state index contributed by atoms with van der Waals surface area (Å²) in [6.45, 7) is 0. The average Bonchev–Trinajstić information content (AvgIpc) is 2.32. The summed E-state index contributed by atoms with van der Waals surface area (Å²) in [5.74, 6) is 0.860. The van der Waals surface area contributed by atoms with E-state index in [-0.39, 0.29) is 6.04 Å². The molecule has 0 spiro atoms. The summed E-state index contributed by atoms with van der Waals surface area (Å²) in [4.78, 5) is 0. The largest absolute Gasteiger partial charge is 0.322 e. The molecular formula is C7H12ClN3S. The molecule has 3 nitrogen and oxygen atoms in total. The van der Waals surface area contributed by atoms with Gasteiger partial charge in [0.2, 0.25) is 0 Å². The minimum absolute atomic E-state index is 0.0278. The Kier molecular flexibility index (Phi) is 3.43. The molecule has 0 saturated heterocycles. The predicted molar refractivity (Wildman–Crippen MR) is 53.5 cm³/mol. The predicted octanol–water partition coefficient (Wildman–Crippen LogP) is 1.44. The van der Waals surface area contributed by atoms with E-state index in [0.717, 1.165) is 11.4 Å². The Bertz CT molecular complexity index is 242. The van der Waals surface area contributed by atoms with Crippen LogP contribution in [0.25, 0.3) is 0 Å². The Balaban J connectivity index is 2.85. The van der Waals surface area contributed by atoms with Crippen LogP contribution in [0.1, 0.15) is 11.7 Å². The minimum Gasteiger partial charge on any atom is -0.322 e. The minimum atomic E-state index is -0.0278. The second-order valence-corrected chi connectivity index (χ2v) is 3.88. The van der Waals surface area contributed by atoms with Gasteiger partial charge in [-0.1, -0.05) is 11.6 Å². The Morgan fingerprint density at radius 1 is 1.83 bits per heavy atom. The molecule has 0 aromatic carbocycles. The van der Waals surface area contributed by atoms with Crippen LogP contribution < -0.4 is 5.73 Å². The molecule has 0 aliphatic heterocycles. The van der Waals surface area contributed by atoms with Crippen molar-refractivity contribution in [1.29, 1.82) is 0 Å². The number of aromatic nitrogens is 2. The maximum atomic E-state index is 5.90. The number of rotatable bonds is 3. The van der Waals surface area contributed by atoms with Crippen LogP contribution in [-0.4, -0.2) is 21.8 Å². The molecule has 0 amide bonds. The van der Waals surface area contributed by atoms with Crippen LogP contribution in [0.5, 0.6) is 0 Å². The Morgan fingerprint density at radius 3 is 2.92 bits per heavy atom. The first-order valence-corrected chi connectivity index (χ1v) is 5.36. The van der Waals surface area contributed by atoms with Crippen molar-refractivity contribution in [3.05, 3.63) is 16.9 Å². The van der Waals surface area contributed by atoms with E-state index in [1.807, 2.05) is 13.3 Å². The lowest BCUT2D eigenvalue weighted by atomic mass is 10.2. The first-order chi connectivity index (χ1) is 5.66. The summed E-state index contributed by atoms with van der Waals surface area (Å²) in [7, 11) is 1.85. The van der Waals surface area contributed by atoms with E-state index >= 15 is 0 Å². The quantitative estimate of drug-likeness (QED) is 0.812. The van der Waals surface area contributed by atoms with Crippen molar-refractivity contribution >= 4 is 23.4 Å². The van der Waals surface area contributed by atoms with Crippen molar-refractivity contribution in [3.63, 3.8) is 0 Å². The Morgan fingerprint density at radius 2 is 2.50 bits per heavy atom. The van der Waals surface area contributed by atoms with E-state index in [9.17, 15) is 0 Å². The second kappa shape index (κ2) is 4.16. The van der Waals surface area contributed by atoms with Crippen LogP contribution in [0.4, 0.5) is 0 Å². The SMILES string of the molecule is CSCC(N)c1c(Cl)cnn1C. The second-order valence-electron chi connectivity index (χ2n) is 2.56. The van der Waals surface area contributed by atoms with Crippen LogP contribution in [0, 0.1) is 0 Å². The van der Waals surface area contributed by atoms with Crippen LogP contribution in [0.3, 0.4) is 0 Å². The number of hydrogen-bond acceptors (Lipinski definition) is 3. The normalized spacial score (nSPS) is 13.3. The van der Waals surface area contributed by atoms with Gasteiger partial charge >= 0.3 is 0 Å². The highest BCUT2D eigenvalue weighted by atomic mass is 35.5. The number of hydrogen-bond donors (Lipinski definition) is 1. The van der Waals surface area contributed by atoms with Gasteiger partial charge in [-0.05, 0) is 6.26 Å². The molecule has 1 aromatic rings. The van der Waals surface area contributed by atoms with E-state index in [1.54, 1.807) is 22.6 Å². The van der Waals surface area contributed by atoms with E-state index in [2.05, 4.69) is 5.10 Å². The van der Waals surface area contributed by atoms with Crippen molar-refractivity contribution < 1.29 is 0 Å². The summed E-state index contributed by atoms with van der Waals surface area (Å²) < 4.78 is 1.73. The smallest absolute Gasteiger partial charge is 0.0834 e. The highest BCUT2D eigenvalue weighted by Crippen LogP contribution is 2.22. The van der Waals surface area contributed by atoms with Gasteiger partial charge < -0.3 is 5.73 Å².